The number of benzene rings is 1. The second kappa shape index (κ2) is 6.22. The van der Waals surface area contributed by atoms with E-state index >= 15 is 0 Å². The van der Waals surface area contributed by atoms with E-state index in [0.717, 1.165) is 5.56 Å². The Morgan fingerprint density at radius 2 is 2.00 bits per heavy atom. The van der Waals surface area contributed by atoms with Crippen molar-refractivity contribution in [3.05, 3.63) is 29.5 Å². The van der Waals surface area contributed by atoms with Crippen LogP contribution in [0.15, 0.2) is 28.9 Å². The maximum atomic E-state index is 11.9. The lowest BCUT2D eigenvalue weighted by Gasteiger charge is -2.15. The Hall–Kier alpha value is -2.30. The highest BCUT2D eigenvalue weighted by Gasteiger charge is 2.31. The summed E-state index contributed by atoms with van der Waals surface area (Å²) in [5.74, 6) is 1.28. The van der Waals surface area contributed by atoms with Crippen LogP contribution in [-0.4, -0.2) is 25.6 Å². The highest BCUT2D eigenvalue weighted by molar-refractivity contribution is 6.08. The Bertz CT molecular complexity index is 639. The topological polar surface area (TPSA) is 57.1 Å². The van der Waals surface area contributed by atoms with Gasteiger partial charge in [-0.25, -0.2) is 9.79 Å². The minimum absolute atomic E-state index is 0.288. The largest absolute Gasteiger partial charge is 0.493 e. The second-order valence-electron chi connectivity index (χ2n) is 5.93. The van der Waals surface area contributed by atoms with Crippen LogP contribution in [0.3, 0.4) is 0 Å². The van der Waals surface area contributed by atoms with E-state index in [-0.39, 0.29) is 11.1 Å². The predicted molar refractivity (Wildman–Crippen MR) is 85.1 cm³/mol. The molecule has 1 aliphatic heterocycles. The van der Waals surface area contributed by atoms with Gasteiger partial charge in [-0.2, -0.15) is 0 Å². The number of hydrogen-bond donors (Lipinski definition) is 0. The summed E-state index contributed by atoms with van der Waals surface area (Å²) in [6, 6.07) is 5.46. The Morgan fingerprint density at radius 1 is 1.27 bits per heavy atom. The van der Waals surface area contributed by atoms with Crippen LogP contribution in [0.1, 0.15) is 33.3 Å². The van der Waals surface area contributed by atoms with Crippen LogP contribution in [0.4, 0.5) is 0 Å². The van der Waals surface area contributed by atoms with Crippen LogP contribution in [0, 0.1) is 5.41 Å². The van der Waals surface area contributed by atoms with Gasteiger partial charge in [-0.15, -0.1) is 0 Å². The molecular weight excluding hydrogens is 282 g/mol. The fourth-order valence-corrected chi connectivity index (χ4v) is 1.94. The Labute approximate surface area is 130 Å². The summed E-state index contributed by atoms with van der Waals surface area (Å²) in [6.45, 7) is 8.31. The molecule has 0 unspecified atom stereocenters. The predicted octanol–water partition coefficient (Wildman–Crippen LogP) is 3.44. The van der Waals surface area contributed by atoms with Gasteiger partial charge in [0.15, 0.2) is 17.2 Å². The number of hydrogen-bond acceptors (Lipinski definition) is 5. The van der Waals surface area contributed by atoms with Gasteiger partial charge < -0.3 is 14.2 Å². The molecule has 0 atom stereocenters. The monoisotopic (exact) mass is 303 g/mol. The number of ether oxygens (including phenoxy) is 3. The van der Waals surface area contributed by atoms with Crippen molar-refractivity contribution in [3.63, 3.8) is 0 Å². The molecule has 1 aliphatic rings. The summed E-state index contributed by atoms with van der Waals surface area (Å²) >= 11 is 0. The summed E-state index contributed by atoms with van der Waals surface area (Å²) in [7, 11) is 1.58. The molecule has 0 aliphatic carbocycles. The summed E-state index contributed by atoms with van der Waals surface area (Å²) in [5.41, 5.74) is 0.782. The van der Waals surface area contributed by atoms with Gasteiger partial charge in [0, 0.05) is 5.41 Å². The maximum absolute atomic E-state index is 11.9. The molecule has 5 heteroatoms. The lowest BCUT2D eigenvalue weighted by atomic mass is 9.97. The fourth-order valence-electron chi connectivity index (χ4n) is 1.94. The van der Waals surface area contributed by atoms with Crippen molar-refractivity contribution in [1.29, 1.82) is 0 Å². The van der Waals surface area contributed by atoms with Crippen LogP contribution in [0.25, 0.3) is 6.08 Å². The smallest absolute Gasteiger partial charge is 0.363 e. The number of carbonyl (C=O) groups is 1. The Balaban J connectivity index is 2.33. The molecule has 0 radical (unpaired) electrons. The number of nitrogens with zero attached hydrogens (tertiary/aromatic N) is 1. The molecular formula is C17H21NO4. The summed E-state index contributed by atoms with van der Waals surface area (Å²) in [6.07, 6.45) is 1.68. The number of rotatable bonds is 4. The Kier molecular flexibility index (Phi) is 4.54. The average molecular weight is 303 g/mol. The molecule has 118 valence electrons. The molecule has 1 heterocycles. The van der Waals surface area contributed by atoms with E-state index in [1.807, 2.05) is 39.8 Å². The molecule has 2 rings (SSSR count). The molecule has 1 aromatic rings. The van der Waals surface area contributed by atoms with Crippen LogP contribution in [-0.2, 0) is 9.53 Å². The molecule has 1 aromatic carbocycles. The van der Waals surface area contributed by atoms with Crippen molar-refractivity contribution in [2.75, 3.05) is 13.7 Å². The maximum Gasteiger partial charge on any atom is 0.363 e. The van der Waals surface area contributed by atoms with Gasteiger partial charge in [0.05, 0.1) is 13.7 Å². The third-order valence-corrected chi connectivity index (χ3v) is 3.05. The number of esters is 1. The van der Waals surface area contributed by atoms with Crippen molar-refractivity contribution < 1.29 is 19.0 Å². The molecule has 0 N–H and O–H groups in total. The Morgan fingerprint density at radius 3 is 2.55 bits per heavy atom. The van der Waals surface area contributed by atoms with Crippen LogP contribution in [0.5, 0.6) is 11.5 Å². The zero-order valence-corrected chi connectivity index (χ0v) is 13.6. The normalized spacial score (nSPS) is 16.5. The molecule has 0 saturated carbocycles. The van der Waals surface area contributed by atoms with Gasteiger partial charge in [-0.3, -0.25) is 0 Å². The standard InChI is InChI=1S/C17H21NO4/c1-6-21-13-8-7-11(10-14(13)20-5)9-12-15(19)22-16(18-12)17(2,3)4/h7-10H,6H2,1-5H3/b12-9-. The van der Waals surface area contributed by atoms with E-state index in [1.165, 1.54) is 0 Å². The zero-order chi connectivity index (χ0) is 16.3. The minimum atomic E-state index is -0.433. The van der Waals surface area contributed by atoms with Crippen LogP contribution in [0.2, 0.25) is 0 Å². The third kappa shape index (κ3) is 3.47. The summed E-state index contributed by atoms with van der Waals surface area (Å²) in [4.78, 5) is 16.2. The third-order valence-electron chi connectivity index (χ3n) is 3.05. The zero-order valence-electron chi connectivity index (χ0n) is 13.6. The first kappa shape index (κ1) is 16.1. The first-order valence-corrected chi connectivity index (χ1v) is 7.19. The molecule has 0 saturated heterocycles. The van der Waals surface area contributed by atoms with Crippen molar-refractivity contribution in [1.82, 2.24) is 0 Å². The number of aliphatic imine (C=N–C) groups is 1. The number of carbonyl (C=O) groups excluding carboxylic acids is 1. The molecule has 0 fully saturated rings. The van der Waals surface area contributed by atoms with Crippen molar-refractivity contribution in [2.24, 2.45) is 10.4 Å². The average Bonchev–Trinajstić information content (AvgIpc) is 2.82. The number of cyclic esters (lactones) is 1. The van der Waals surface area contributed by atoms with Gasteiger partial charge in [0.2, 0.25) is 5.90 Å². The minimum Gasteiger partial charge on any atom is -0.493 e. The van der Waals surface area contributed by atoms with Gasteiger partial charge in [0.25, 0.3) is 0 Å². The van der Waals surface area contributed by atoms with Crippen molar-refractivity contribution >= 4 is 17.9 Å². The lowest BCUT2D eigenvalue weighted by molar-refractivity contribution is -0.130. The van der Waals surface area contributed by atoms with Crippen LogP contribution >= 0.6 is 0 Å². The number of methoxy groups -OCH3 is 1. The van der Waals surface area contributed by atoms with E-state index < -0.39 is 5.97 Å². The molecule has 22 heavy (non-hydrogen) atoms. The van der Waals surface area contributed by atoms with Gasteiger partial charge in [-0.1, -0.05) is 26.8 Å². The molecule has 0 bridgehead atoms. The van der Waals surface area contributed by atoms with E-state index in [0.29, 0.717) is 24.0 Å². The van der Waals surface area contributed by atoms with Crippen molar-refractivity contribution in [3.8, 4) is 11.5 Å². The van der Waals surface area contributed by atoms with E-state index in [2.05, 4.69) is 4.99 Å². The molecule has 0 aromatic heterocycles. The second-order valence-corrected chi connectivity index (χ2v) is 5.93. The lowest BCUT2D eigenvalue weighted by Crippen LogP contribution is -2.21. The van der Waals surface area contributed by atoms with E-state index in [9.17, 15) is 4.79 Å². The molecule has 5 nitrogen and oxygen atoms in total. The fraction of sp³-hybridized carbons (Fsp3) is 0.412. The summed E-state index contributed by atoms with van der Waals surface area (Å²) in [5, 5.41) is 0. The summed E-state index contributed by atoms with van der Waals surface area (Å²) < 4.78 is 16.0. The first-order valence-electron chi connectivity index (χ1n) is 7.19. The highest BCUT2D eigenvalue weighted by atomic mass is 16.6. The quantitative estimate of drug-likeness (QED) is 0.631. The molecule has 0 amide bonds. The van der Waals surface area contributed by atoms with Gasteiger partial charge >= 0.3 is 5.97 Å². The molecule has 0 spiro atoms. The van der Waals surface area contributed by atoms with Crippen molar-refractivity contribution in [2.45, 2.75) is 27.7 Å². The van der Waals surface area contributed by atoms with Gasteiger partial charge in [-0.05, 0) is 30.7 Å². The SMILES string of the molecule is CCOc1ccc(/C=C2\N=C(C(C)(C)C)OC2=O)cc1OC. The van der Waals surface area contributed by atoms with E-state index in [4.69, 9.17) is 14.2 Å². The highest BCUT2D eigenvalue weighted by Crippen LogP contribution is 2.30. The van der Waals surface area contributed by atoms with Gasteiger partial charge in [0.1, 0.15) is 0 Å². The van der Waals surface area contributed by atoms with E-state index in [1.54, 1.807) is 19.3 Å². The first-order chi connectivity index (χ1) is 10.3. The van der Waals surface area contributed by atoms with Crippen LogP contribution < -0.4 is 9.47 Å².